The summed E-state index contributed by atoms with van der Waals surface area (Å²) in [7, 11) is -5.24. The van der Waals surface area contributed by atoms with Crippen molar-refractivity contribution in [1.29, 1.82) is 0 Å². The van der Waals surface area contributed by atoms with Gasteiger partial charge < -0.3 is 28.2 Å². The fraction of sp³-hybridized carbons (Fsp3) is 0.594. The third-order valence-electron chi connectivity index (χ3n) is 8.95. The van der Waals surface area contributed by atoms with Crippen LogP contribution in [0.4, 0.5) is 0 Å². The van der Waals surface area contributed by atoms with Crippen molar-refractivity contribution >= 4 is 33.0 Å². The molecule has 41 heavy (non-hydrogen) atoms. The number of aliphatic hydroxyl groups excluding tert-OH is 1. The first-order valence-electron chi connectivity index (χ1n) is 14.7. The summed E-state index contributed by atoms with van der Waals surface area (Å²) in [6.45, 7) is 19.9. The summed E-state index contributed by atoms with van der Waals surface area (Å²) >= 11 is 0. The molecule has 2 aromatic rings. The molecule has 0 amide bonds. The van der Waals surface area contributed by atoms with Crippen molar-refractivity contribution in [3.05, 3.63) is 60.7 Å². The van der Waals surface area contributed by atoms with E-state index >= 15 is 0 Å². The first-order chi connectivity index (χ1) is 19.1. The second-order valence-electron chi connectivity index (χ2n) is 13.8. The van der Waals surface area contributed by atoms with E-state index in [0.717, 1.165) is 10.4 Å². The molecule has 2 saturated heterocycles. The monoisotopic (exact) mass is 600 g/mol. The minimum Gasteiger partial charge on any atom is -0.462 e. The lowest BCUT2D eigenvalue weighted by molar-refractivity contribution is -0.213. The molecule has 2 aliphatic heterocycles. The minimum absolute atomic E-state index is 0.0212. The van der Waals surface area contributed by atoms with Crippen LogP contribution >= 0.6 is 0 Å². The number of ether oxygens (including phenoxy) is 3. The molecule has 0 spiro atoms. The van der Waals surface area contributed by atoms with Crippen LogP contribution < -0.4 is 10.4 Å². The number of rotatable bonds is 10. The third-order valence-corrected chi connectivity index (χ3v) is 18.5. The Labute approximate surface area is 247 Å². The second-order valence-corrected chi connectivity index (χ2v) is 22.9. The van der Waals surface area contributed by atoms with E-state index < -0.39 is 52.8 Å². The molecular weight excluding hydrogens is 553 g/mol. The van der Waals surface area contributed by atoms with Crippen LogP contribution in [0, 0.1) is 0 Å². The molecule has 226 valence electrons. The highest BCUT2D eigenvalue weighted by atomic mass is 28.4. The predicted molar refractivity (Wildman–Crippen MR) is 165 cm³/mol. The quantitative estimate of drug-likeness (QED) is 0.311. The van der Waals surface area contributed by atoms with Crippen molar-refractivity contribution in [1.82, 2.24) is 0 Å². The van der Waals surface area contributed by atoms with Crippen LogP contribution in [-0.4, -0.2) is 71.1 Å². The molecule has 2 aliphatic rings. The Morgan fingerprint density at radius 3 is 1.95 bits per heavy atom. The van der Waals surface area contributed by atoms with Crippen molar-refractivity contribution in [2.75, 3.05) is 13.2 Å². The molecule has 9 heteroatoms. The largest absolute Gasteiger partial charge is 0.462 e. The molecule has 0 aromatic heterocycles. The number of esters is 1. The van der Waals surface area contributed by atoms with Gasteiger partial charge in [-0.3, -0.25) is 0 Å². The van der Waals surface area contributed by atoms with E-state index in [0.29, 0.717) is 0 Å². The molecular formula is C32H48O7Si2. The summed E-state index contributed by atoms with van der Waals surface area (Å²) in [5.74, 6) is -2.26. The number of carbonyl (C=O) groups is 1. The molecule has 2 heterocycles. The summed E-state index contributed by atoms with van der Waals surface area (Å²) in [4.78, 5) is 13.0. The molecule has 2 fully saturated rings. The highest BCUT2D eigenvalue weighted by Crippen LogP contribution is 2.47. The van der Waals surface area contributed by atoms with Gasteiger partial charge in [-0.15, -0.1) is 0 Å². The summed E-state index contributed by atoms with van der Waals surface area (Å²) in [6.07, 6.45) is -2.95. The molecule has 1 N–H and O–H groups in total. The van der Waals surface area contributed by atoms with Crippen LogP contribution in [-0.2, 0) is 27.9 Å². The lowest BCUT2D eigenvalue weighted by Crippen LogP contribution is -2.69. The zero-order valence-corrected chi connectivity index (χ0v) is 28.1. The van der Waals surface area contributed by atoms with Crippen LogP contribution in [0.15, 0.2) is 60.7 Å². The molecule has 0 saturated carbocycles. The standard InChI is InChI=1S/C32H48O7Si2/c1-10-35-29(34)32-21-25(33)27(37-32)28(38-32)26(22-36-40(8,9)30(2,3)4)39-41(31(5,6)7,23-17-13-11-14-18-23)24-19-15-12-16-20-24/h11-20,25-28,33H,10,21-22H2,1-9H3/t25-,26-,27-,28-,32-/m1/s1. The van der Waals surface area contributed by atoms with Gasteiger partial charge in [-0.2, -0.15) is 0 Å². The maximum absolute atomic E-state index is 13.0. The number of hydrogen-bond acceptors (Lipinski definition) is 7. The van der Waals surface area contributed by atoms with Gasteiger partial charge in [0.05, 0.1) is 25.4 Å². The Bertz CT molecular complexity index is 1140. The molecule has 0 aliphatic carbocycles. The summed E-state index contributed by atoms with van der Waals surface area (Å²) in [5.41, 5.74) is 0. The molecule has 0 radical (unpaired) electrons. The number of fused-ring (bicyclic) bond motifs is 2. The fourth-order valence-corrected chi connectivity index (χ4v) is 11.4. The lowest BCUT2D eigenvalue weighted by atomic mass is 9.98. The molecule has 7 nitrogen and oxygen atoms in total. The Morgan fingerprint density at radius 2 is 1.49 bits per heavy atom. The van der Waals surface area contributed by atoms with Gasteiger partial charge in [0.2, 0.25) is 0 Å². The summed E-state index contributed by atoms with van der Waals surface area (Å²) < 4.78 is 32.2. The normalized spacial score (nSPS) is 25.8. The van der Waals surface area contributed by atoms with E-state index in [4.69, 9.17) is 23.1 Å². The van der Waals surface area contributed by atoms with Crippen LogP contribution in [0.2, 0.25) is 23.2 Å². The predicted octanol–water partition coefficient (Wildman–Crippen LogP) is 4.76. The maximum Gasteiger partial charge on any atom is 0.366 e. The zero-order chi connectivity index (χ0) is 30.3. The Morgan fingerprint density at radius 1 is 0.951 bits per heavy atom. The van der Waals surface area contributed by atoms with Crippen molar-refractivity contribution < 1.29 is 33.0 Å². The highest BCUT2D eigenvalue weighted by molar-refractivity contribution is 6.99. The van der Waals surface area contributed by atoms with E-state index in [1.807, 2.05) is 36.4 Å². The van der Waals surface area contributed by atoms with Gasteiger partial charge in [0.25, 0.3) is 14.1 Å². The van der Waals surface area contributed by atoms with Gasteiger partial charge in [-0.1, -0.05) is 102 Å². The summed E-state index contributed by atoms with van der Waals surface area (Å²) in [5, 5.41) is 13.0. The highest BCUT2D eigenvalue weighted by Gasteiger charge is 2.66. The Hall–Kier alpha value is -1.86. The van der Waals surface area contributed by atoms with Crippen LogP contribution in [0.1, 0.15) is 54.9 Å². The Kier molecular flexibility index (Phi) is 9.13. The van der Waals surface area contributed by atoms with Crippen LogP contribution in [0.3, 0.4) is 0 Å². The van der Waals surface area contributed by atoms with Crippen molar-refractivity contribution in [2.24, 2.45) is 0 Å². The van der Waals surface area contributed by atoms with Gasteiger partial charge in [0.15, 0.2) is 8.32 Å². The van der Waals surface area contributed by atoms with Gasteiger partial charge in [-0.05, 0) is 40.5 Å². The van der Waals surface area contributed by atoms with Crippen molar-refractivity contribution in [3.8, 4) is 0 Å². The fourth-order valence-electron chi connectivity index (χ4n) is 5.72. The van der Waals surface area contributed by atoms with Crippen LogP contribution in [0.5, 0.6) is 0 Å². The lowest BCUT2D eigenvalue weighted by Gasteiger charge is -2.47. The van der Waals surface area contributed by atoms with Gasteiger partial charge in [-0.25, -0.2) is 4.79 Å². The van der Waals surface area contributed by atoms with E-state index in [2.05, 4.69) is 78.9 Å². The molecule has 5 atom stereocenters. The smallest absolute Gasteiger partial charge is 0.366 e. The van der Waals surface area contributed by atoms with Gasteiger partial charge in [0.1, 0.15) is 12.2 Å². The Balaban J connectivity index is 1.84. The topological polar surface area (TPSA) is 83.5 Å². The van der Waals surface area contributed by atoms with Crippen molar-refractivity contribution in [2.45, 2.75) is 108 Å². The average Bonchev–Trinajstić information content (AvgIpc) is 3.45. The maximum atomic E-state index is 13.0. The van der Waals surface area contributed by atoms with Crippen LogP contribution in [0.25, 0.3) is 0 Å². The number of aliphatic hydroxyl groups is 1. The number of benzene rings is 2. The number of carbonyl (C=O) groups excluding carboxylic acids is 1. The molecule has 2 bridgehead atoms. The zero-order valence-electron chi connectivity index (χ0n) is 26.1. The van der Waals surface area contributed by atoms with Crippen molar-refractivity contribution in [3.63, 3.8) is 0 Å². The molecule has 0 unspecified atom stereocenters. The number of hydrogen-bond donors (Lipinski definition) is 1. The van der Waals surface area contributed by atoms with E-state index in [1.54, 1.807) is 6.92 Å². The summed E-state index contributed by atoms with van der Waals surface area (Å²) in [6, 6.07) is 20.8. The van der Waals surface area contributed by atoms with E-state index in [-0.39, 0.29) is 29.7 Å². The SMILES string of the molecule is CCOC(=O)[C@]12C[C@@H](O)[C@@H](O1)[C@@H]([C@@H](CO[Si](C)(C)C(C)(C)C)O[Si](c1ccccc1)(c1ccccc1)C(C)(C)C)O2. The van der Waals surface area contributed by atoms with E-state index in [9.17, 15) is 9.90 Å². The van der Waals surface area contributed by atoms with E-state index in [1.165, 1.54) is 0 Å². The van der Waals surface area contributed by atoms with Gasteiger partial charge >= 0.3 is 5.97 Å². The average molecular weight is 601 g/mol. The second kappa shape index (κ2) is 11.7. The minimum atomic E-state index is -3.04. The third kappa shape index (κ3) is 6.00. The first kappa shape index (κ1) is 32.1. The van der Waals surface area contributed by atoms with Gasteiger partial charge in [0, 0.05) is 6.42 Å². The molecule has 4 rings (SSSR count). The molecule has 2 aromatic carbocycles. The first-order valence-corrected chi connectivity index (χ1v) is 19.5.